The van der Waals surface area contributed by atoms with E-state index in [1.165, 1.54) is 16.3 Å². The van der Waals surface area contributed by atoms with Crippen molar-refractivity contribution >= 4 is 16.5 Å². The zero-order chi connectivity index (χ0) is 14.5. The lowest BCUT2D eigenvalue weighted by Crippen LogP contribution is -2.04. The Morgan fingerprint density at radius 3 is 2.38 bits per heavy atom. The molecule has 3 aromatic rings. The minimum Gasteiger partial charge on any atom is -0.497 e. The molecule has 106 valence electrons. The molecule has 0 fully saturated rings. The quantitative estimate of drug-likeness (QED) is 0.741. The van der Waals surface area contributed by atoms with Gasteiger partial charge in [-0.25, -0.2) is 0 Å². The normalized spacial score (nSPS) is 10.5. The van der Waals surface area contributed by atoms with Crippen molar-refractivity contribution in [3.63, 3.8) is 0 Å². The van der Waals surface area contributed by atoms with Crippen LogP contribution in [-0.4, -0.2) is 13.7 Å². The number of ether oxygens (including phenoxy) is 1. The summed E-state index contributed by atoms with van der Waals surface area (Å²) in [6, 6.07) is 23.2. The Balaban J connectivity index is 1.60. The van der Waals surface area contributed by atoms with Gasteiger partial charge in [0.05, 0.1) is 7.11 Å². The number of hydrogen-bond acceptors (Lipinski definition) is 2. The number of fused-ring (bicyclic) bond motifs is 1. The van der Waals surface area contributed by atoms with Gasteiger partial charge in [0.1, 0.15) is 5.75 Å². The van der Waals surface area contributed by atoms with Gasteiger partial charge in [-0.3, -0.25) is 0 Å². The summed E-state index contributed by atoms with van der Waals surface area (Å²) in [5.41, 5.74) is 2.48. The van der Waals surface area contributed by atoms with E-state index < -0.39 is 0 Å². The second-order valence-corrected chi connectivity index (χ2v) is 5.09. The standard InChI is InChI=1S/C19H19NO/c1-21-19-10-8-18(9-11-19)20-13-12-15-6-7-16-4-2-3-5-17(16)14-15/h2-11,14,20H,12-13H2,1H3. The molecule has 0 atom stereocenters. The van der Waals surface area contributed by atoms with Crippen LogP contribution in [0.2, 0.25) is 0 Å². The maximum absolute atomic E-state index is 5.16. The molecular weight excluding hydrogens is 258 g/mol. The molecule has 0 radical (unpaired) electrons. The highest BCUT2D eigenvalue weighted by Crippen LogP contribution is 2.17. The van der Waals surface area contributed by atoms with Crippen molar-refractivity contribution in [2.45, 2.75) is 6.42 Å². The maximum Gasteiger partial charge on any atom is 0.119 e. The van der Waals surface area contributed by atoms with Crippen molar-refractivity contribution in [3.8, 4) is 5.75 Å². The fourth-order valence-corrected chi connectivity index (χ4v) is 2.45. The number of rotatable bonds is 5. The van der Waals surface area contributed by atoms with Crippen LogP contribution in [0, 0.1) is 0 Å². The van der Waals surface area contributed by atoms with Crippen LogP contribution in [0.3, 0.4) is 0 Å². The molecule has 0 aliphatic rings. The average Bonchev–Trinajstić information content (AvgIpc) is 2.55. The number of hydrogen-bond donors (Lipinski definition) is 1. The summed E-state index contributed by atoms with van der Waals surface area (Å²) >= 11 is 0. The Bertz CT molecular complexity index is 719. The molecule has 2 nitrogen and oxygen atoms in total. The summed E-state index contributed by atoms with van der Waals surface area (Å²) in [6.07, 6.45) is 1.01. The smallest absolute Gasteiger partial charge is 0.119 e. The van der Waals surface area contributed by atoms with E-state index in [1.807, 2.05) is 24.3 Å². The SMILES string of the molecule is COc1ccc(NCCc2ccc3ccccc3c2)cc1. The van der Waals surface area contributed by atoms with Crippen molar-refractivity contribution in [1.29, 1.82) is 0 Å². The Morgan fingerprint density at radius 2 is 1.62 bits per heavy atom. The van der Waals surface area contributed by atoms with Crippen molar-refractivity contribution in [2.24, 2.45) is 0 Å². The first-order valence-corrected chi connectivity index (χ1v) is 7.21. The van der Waals surface area contributed by atoms with Gasteiger partial charge in [0.25, 0.3) is 0 Å². The summed E-state index contributed by atoms with van der Waals surface area (Å²) in [5, 5.41) is 6.04. The summed E-state index contributed by atoms with van der Waals surface area (Å²) < 4.78 is 5.16. The highest BCUT2D eigenvalue weighted by atomic mass is 16.5. The van der Waals surface area contributed by atoms with Gasteiger partial charge in [-0.1, -0.05) is 42.5 Å². The highest BCUT2D eigenvalue weighted by Gasteiger charge is 1.97. The number of benzene rings is 3. The Labute approximate surface area is 125 Å². The van der Waals surface area contributed by atoms with Crippen molar-refractivity contribution in [1.82, 2.24) is 0 Å². The van der Waals surface area contributed by atoms with Crippen LogP contribution in [0.25, 0.3) is 10.8 Å². The molecule has 0 aromatic heterocycles. The van der Waals surface area contributed by atoms with Gasteiger partial charge < -0.3 is 10.1 Å². The van der Waals surface area contributed by atoms with Crippen LogP contribution in [0.4, 0.5) is 5.69 Å². The predicted octanol–water partition coefficient (Wildman–Crippen LogP) is 4.50. The molecule has 2 heteroatoms. The molecule has 0 aliphatic carbocycles. The van der Waals surface area contributed by atoms with E-state index in [1.54, 1.807) is 7.11 Å². The van der Waals surface area contributed by atoms with Gasteiger partial charge >= 0.3 is 0 Å². The zero-order valence-electron chi connectivity index (χ0n) is 12.2. The molecule has 0 bridgehead atoms. The van der Waals surface area contributed by atoms with Gasteiger partial charge in [-0.05, 0) is 47.0 Å². The summed E-state index contributed by atoms with van der Waals surface area (Å²) in [6.45, 7) is 0.921. The fourth-order valence-electron chi connectivity index (χ4n) is 2.45. The summed E-state index contributed by atoms with van der Waals surface area (Å²) in [5.74, 6) is 0.884. The third-order valence-electron chi connectivity index (χ3n) is 3.65. The molecule has 21 heavy (non-hydrogen) atoms. The van der Waals surface area contributed by atoms with Crippen LogP contribution in [0.5, 0.6) is 5.75 Å². The van der Waals surface area contributed by atoms with E-state index in [0.717, 1.165) is 24.4 Å². The Morgan fingerprint density at radius 1 is 0.857 bits per heavy atom. The van der Waals surface area contributed by atoms with E-state index in [4.69, 9.17) is 4.74 Å². The van der Waals surface area contributed by atoms with Crippen LogP contribution in [-0.2, 0) is 6.42 Å². The minimum absolute atomic E-state index is 0.884. The highest BCUT2D eigenvalue weighted by molar-refractivity contribution is 5.83. The third-order valence-corrected chi connectivity index (χ3v) is 3.65. The largest absolute Gasteiger partial charge is 0.497 e. The molecular formula is C19H19NO. The van der Waals surface area contributed by atoms with E-state index in [0.29, 0.717) is 0 Å². The molecule has 3 aromatic carbocycles. The first-order valence-electron chi connectivity index (χ1n) is 7.21. The second kappa shape index (κ2) is 6.31. The van der Waals surface area contributed by atoms with Crippen molar-refractivity contribution < 1.29 is 4.74 Å². The lowest BCUT2D eigenvalue weighted by atomic mass is 10.1. The van der Waals surface area contributed by atoms with Crippen LogP contribution >= 0.6 is 0 Å². The monoisotopic (exact) mass is 277 g/mol. The number of nitrogens with one attached hydrogen (secondary N) is 1. The molecule has 0 unspecified atom stereocenters. The molecule has 1 N–H and O–H groups in total. The molecule has 3 rings (SSSR count). The first-order chi connectivity index (χ1) is 10.3. The number of anilines is 1. The Kier molecular flexibility index (Phi) is 4.06. The van der Waals surface area contributed by atoms with Crippen molar-refractivity contribution in [2.75, 3.05) is 19.0 Å². The summed E-state index contributed by atoms with van der Waals surface area (Å²) in [7, 11) is 1.68. The average molecular weight is 277 g/mol. The van der Waals surface area contributed by atoms with E-state index in [2.05, 4.69) is 47.8 Å². The molecule has 0 saturated heterocycles. The Hall–Kier alpha value is -2.48. The van der Waals surface area contributed by atoms with Gasteiger partial charge in [-0.2, -0.15) is 0 Å². The predicted molar refractivity (Wildman–Crippen MR) is 89.1 cm³/mol. The molecule has 0 heterocycles. The summed E-state index contributed by atoms with van der Waals surface area (Å²) in [4.78, 5) is 0. The van der Waals surface area contributed by atoms with E-state index >= 15 is 0 Å². The number of methoxy groups -OCH3 is 1. The van der Waals surface area contributed by atoms with E-state index in [-0.39, 0.29) is 0 Å². The topological polar surface area (TPSA) is 21.3 Å². The molecule has 0 aliphatic heterocycles. The maximum atomic E-state index is 5.16. The van der Waals surface area contributed by atoms with Crippen molar-refractivity contribution in [3.05, 3.63) is 72.3 Å². The lowest BCUT2D eigenvalue weighted by molar-refractivity contribution is 0.415. The fraction of sp³-hybridized carbons (Fsp3) is 0.158. The molecule has 0 saturated carbocycles. The van der Waals surface area contributed by atoms with Gasteiger partial charge in [0, 0.05) is 12.2 Å². The molecule has 0 amide bonds. The van der Waals surface area contributed by atoms with Gasteiger partial charge in [0.15, 0.2) is 0 Å². The molecule has 0 spiro atoms. The zero-order valence-corrected chi connectivity index (χ0v) is 12.2. The van der Waals surface area contributed by atoms with E-state index in [9.17, 15) is 0 Å². The van der Waals surface area contributed by atoms with Crippen LogP contribution < -0.4 is 10.1 Å². The first kappa shape index (κ1) is 13.5. The van der Waals surface area contributed by atoms with Crippen LogP contribution in [0.15, 0.2) is 66.7 Å². The third kappa shape index (κ3) is 3.34. The second-order valence-electron chi connectivity index (χ2n) is 5.09. The lowest BCUT2D eigenvalue weighted by Gasteiger charge is -2.08. The minimum atomic E-state index is 0.884. The van der Waals surface area contributed by atoms with Gasteiger partial charge in [-0.15, -0.1) is 0 Å². The van der Waals surface area contributed by atoms with Crippen LogP contribution in [0.1, 0.15) is 5.56 Å². The van der Waals surface area contributed by atoms with Gasteiger partial charge in [0.2, 0.25) is 0 Å².